The first-order valence-electron chi connectivity index (χ1n) is 11.0. The van der Waals surface area contributed by atoms with Gasteiger partial charge in [-0.2, -0.15) is 13.2 Å². The van der Waals surface area contributed by atoms with E-state index in [-0.39, 0.29) is 35.6 Å². The van der Waals surface area contributed by atoms with E-state index in [9.17, 15) is 22.8 Å². The maximum atomic E-state index is 13.4. The largest absolute Gasteiger partial charge is 0.484 e. The van der Waals surface area contributed by atoms with E-state index < -0.39 is 23.6 Å². The van der Waals surface area contributed by atoms with Crippen LogP contribution >= 0.6 is 23.1 Å². The number of ether oxygens (including phenoxy) is 1. The van der Waals surface area contributed by atoms with Crippen LogP contribution in [0.2, 0.25) is 0 Å². The minimum absolute atomic E-state index is 0.118. The summed E-state index contributed by atoms with van der Waals surface area (Å²) >= 11 is 2.17. The van der Waals surface area contributed by atoms with Crippen LogP contribution in [0.15, 0.2) is 59.8 Å². The highest BCUT2D eigenvalue weighted by Gasteiger charge is 2.31. The first kappa shape index (κ1) is 27.1. The molecule has 0 bridgehead atoms. The van der Waals surface area contributed by atoms with E-state index in [2.05, 4.69) is 31.0 Å². The van der Waals surface area contributed by atoms with Gasteiger partial charge in [-0.05, 0) is 37.3 Å². The van der Waals surface area contributed by atoms with Crippen molar-refractivity contribution in [2.45, 2.75) is 24.8 Å². The lowest BCUT2D eigenvalue weighted by Gasteiger charge is -2.13. The van der Waals surface area contributed by atoms with Gasteiger partial charge in [0.1, 0.15) is 10.8 Å². The zero-order valence-electron chi connectivity index (χ0n) is 19.7. The number of anilines is 1. The molecule has 15 heteroatoms. The van der Waals surface area contributed by atoms with Gasteiger partial charge in [0.15, 0.2) is 17.6 Å². The van der Waals surface area contributed by atoms with Crippen LogP contribution < -0.4 is 15.4 Å². The zero-order valence-corrected chi connectivity index (χ0v) is 21.4. The molecule has 2 amide bonds. The highest BCUT2D eigenvalue weighted by atomic mass is 32.2. The molecule has 2 heterocycles. The summed E-state index contributed by atoms with van der Waals surface area (Å²) in [5, 5.41) is 22.1. The second kappa shape index (κ2) is 12.0. The summed E-state index contributed by atoms with van der Waals surface area (Å²) in [6.45, 7) is 1.33. The fraction of sp³-hybridized carbons (Fsp3) is 0.217. The predicted octanol–water partition coefficient (Wildman–Crippen LogP) is 3.87. The summed E-state index contributed by atoms with van der Waals surface area (Å²) in [4.78, 5) is 24.7. The number of thioether (sulfide) groups is 1. The van der Waals surface area contributed by atoms with E-state index >= 15 is 0 Å². The summed E-state index contributed by atoms with van der Waals surface area (Å²) in [7, 11) is 0. The Kier molecular flexibility index (Phi) is 8.58. The summed E-state index contributed by atoms with van der Waals surface area (Å²) in [5.74, 6) is -0.311. The number of halogens is 3. The quantitative estimate of drug-likeness (QED) is 0.279. The maximum absolute atomic E-state index is 13.4. The molecule has 0 radical (unpaired) electrons. The summed E-state index contributed by atoms with van der Waals surface area (Å²) in [6, 6.07) is 13.3. The number of nitrogens with one attached hydrogen (secondary N) is 2. The number of hydrogen-bond acceptors (Lipinski definition) is 9. The van der Waals surface area contributed by atoms with Gasteiger partial charge in [-0.1, -0.05) is 47.4 Å². The zero-order chi connectivity index (χ0) is 27.1. The number of amides is 2. The van der Waals surface area contributed by atoms with Crippen molar-refractivity contribution in [3.05, 3.63) is 71.0 Å². The van der Waals surface area contributed by atoms with Crippen molar-refractivity contribution in [2.75, 3.05) is 17.7 Å². The number of carbonyl (C=O) groups is 2. The fourth-order valence-corrected chi connectivity index (χ4v) is 4.49. The molecule has 0 spiro atoms. The van der Waals surface area contributed by atoms with Gasteiger partial charge in [0.05, 0.1) is 23.5 Å². The van der Waals surface area contributed by atoms with E-state index in [0.717, 1.165) is 23.9 Å². The van der Waals surface area contributed by atoms with Crippen LogP contribution in [-0.2, 0) is 22.3 Å². The molecule has 0 saturated carbocycles. The standard InChI is InChI=1S/C23H20F3N7O3S2/c1-14-29-31-21(38-14)28-20(35)13-37-22-32-30-18(11-27-19(34)12-36-17-8-3-2-4-9-17)33(22)16-7-5-6-15(10-16)23(24,25)26/h2-10H,11-13H2,1H3,(H,27,34)(H,28,31,35). The lowest BCUT2D eigenvalue weighted by molar-refractivity contribution is -0.137. The van der Waals surface area contributed by atoms with Gasteiger partial charge in [0, 0.05) is 0 Å². The molecular formula is C23H20F3N7O3S2. The van der Waals surface area contributed by atoms with Gasteiger partial charge in [0.2, 0.25) is 11.0 Å². The van der Waals surface area contributed by atoms with Gasteiger partial charge in [-0.15, -0.1) is 20.4 Å². The number of para-hydroxylation sites is 1. The Morgan fingerprint density at radius 2 is 1.82 bits per heavy atom. The highest BCUT2D eigenvalue weighted by molar-refractivity contribution is 7.99. The first-order chi connectivity index (χ1) is 18.2. The number of aromatic nitrogens is 5. The number of carbonyl (C=O) groups excluding carboxylic acids is 2. The molecule has 38 heavy (non-hydrogen) atoms. The van der Waals surface area contributed by atoms with Crippen molar-refractivity contribution in [2.24, 2.45) is 0 Å². The molecule has 2 N–H and O–H groups in total. The highest BCUT2D eigenvalue weighted by Crippen LogP contribution is 2.31. The normalized spacial score (nSPS) is 11.3. The minimum Gasteiger partial charge on any atom is -0.484 e. The monoisotopic (exact) mass is 563 g/mol. The molecule has 0 unspecified atom stereocenters. The molecule has 4 aromatic rings. The average Bonchev–Trinajstić information content (AvgIpc) is 3.50. The van der Waals surface area contributed by atoms with Crippen molar-refractivity contribution in [1.82, 2.24) is 30.3 Å². The summed E-state index contributed by atoms with van der Waals surface area (Å²) < 4.78 is 46.9. The van der Waals surface area contributed by atoms with E-state index in [1.165, 1.54) is 28.0 Å². The lowest BCUT2D eigenvalue weighted by atomic mass is 10.2. The minimum atomic E-state index is -4.57. The van der Waals surface area contributed by atoms with Crippen molar-refractivity contribution in [3.63, 3.8) is 0 Å². The van der Waals surface area contributed by atoms with Gasteiger partial charge in [-0.3, -0.25) is 19.5 Å². The molecule has 2 aromatic heterocycles. The van der Waals surface area contributed by atoms with E-state index in [1.807, 2.05) is 6.07 Å². The van der Waals surface area contributed by atoms with Gasteiger partial charge in [-0.25, -0.2) is 0 Å². The third kappa shape index (κ3) is 7.29. The average molecular weight is 564 g/mol. The molecule has 10 nitrogen and oxygen atoms in total. The molecule has 0 saturated heterocycles. The fourth-order valence-electron chi connectivity index (χ4n) is 3.12. The van der Waals surface area contributed by atoms with Crippen LogP contribution in [0.4, 0.5) is 18.3 Å². The Morgan fingerprint density at radius 1 is 1.03 bits per heavy atom. The van der Waals surface area contributed by atoms with E-state index in [4.69, 9.17) is 4.74 Å². The van der Waals surface area contributed by atoms with Gasteiger partial charge < -0.3 is 10.1 Å². The molecule has 0 aliphatic heterocycles. The number of rotatable bonds is 10. The smallest absolute Gasteiger partial charge is 0.416 e. The second-order valence-corrected chi connectivity index (χ2v) is 9.75. The van der Waals surface area contributed by atoms with Crippen LogP contribution in [0.1, 0.15) is 16.4 Å². The van der Waals surface area contributed by atoms with Crippen molar-refractivity contribution >= 4 is 40.0 Å². The Morgan fingerprint density at radius 3 is 2.53 bits per heavy atom. The van der Waals surface area contributed by atoms with Crippen LogP contribution in [-0.4, -0.2) is 49.1 Å². The van der Waals surface area contributed by atoms with Gasteiger partial charge in [0.25, 0.3) is 5.91 Å². The molecule has 198 valence electrons. The summed E-state index contributed by atoms with van der Waals surface area (Å²) in [6.07, 6.45) is -4.57. The van der Waals surface area contributed by atoms with E-state index in [0.29, 0.717) is 15.9 Å². The Bertz CT molecular complexity index is 1410. The molecule has 0 aliphatic carbocycles. The van der Waals surface area contributed by atoms with Crippen molar-refractivity contribution in [3.8, 4) is 11.4 Å². The Balaban J connectivity index is 1.49. The second-order valence-electron chi connectivity index (χ2n) is 7.62. The number of aryl methyl sites for hydroxylation is 1. The number of hydrogen-bond donors (Lipinski definition) is 2. The van der Waals surface area contributed by atoms with E-state index in [1.54, 1.807) is 31.2 Å². The Hall–Kier alpha value is -3.98. The van der Waals surface area contributed by atoms with Crippen LogP contribution in [0, 0.1) is 6.92 Å². The molecule has 2 aromatic carbocycles. The lowest BCUT2D eigenvalue weighted by Crippen LogP contribution is -2.29. The molecule has 0 aliphatic rings. The number of nitrogens with zero attached hydrogens (tertiary/aromatic N) is 5. The summed E-state index contributed by atoms with van der Waals surface area (Å²) in [5.41, 5.74) is -0.743. The number of alkyl halides is 3. The van der Waals surface area contributed by atoms with Crippen LogP contribution in [0.3, 0.4) is 0 Å². The van der Waals surface area contributed by atoms with Crippen LogP contribution in [0.25, 0.3) is 5.69 Å². The molecule has 0 fully saturated rings. The van der Waals surface area contributed by atoms with Crippen molar-refractivity contribution in [1.29, 1.82) is 0 Å². The van der Waals surface area contributed by atoms with Crippen LogP contribution in [0.5, 0.6) is 5.75 Å². The Labute approximate surface area is 222 Å². The van der Waals surface area contributed by atoms with Gasteiger partial charge >= 0.3 is 6.18 Å². The predicted molar refractivity (Wildman–Crippen MR) is 134 cm³/mol. The molecule has 0 atom stereocenters. The first-order valence-corrected chi connectivity index (χ1v) is 12.8. The van der Waals surface area contributed by atoms with Crippen molar-refractivity contribution < 1.29 is 27.5 Å². The third-order valence-corrected chi connectivity index (χ3v) is 6.48. The molecular weight excluding hydrogens is 543 g/mol. The topological polar surface area (TPSA) is 124 Å². The number of benzene rings is 2. The molecule has 4 rings (SSSR count). The third-order valence-electron chi connectivity index (χ3n) is 4.79. The maximum Gasteiger partial charge on any atom is 0.416 e. The SMILES string of the molecule is Cc1nnc(NC(=O)CSc2nnc(CNC(=O)COc3ccccc3)n2-c2cccc(C(F)(F)F)c2)s1.